The van der Waals surface area contributed by atoms with Crippen LogP contribution in [0.3, 0.4) is 0 Å². The van der Waals surface area contributed by atoms with Gasteiger partial charge >= 0.3 is 5.97 Å². The van der Waals surface area contributed by atoms with Crippen molar-refractivity contribution in [3.63, 3.8) is 0 Å². The van der Waals surface area contributed by atoms with Crippen LogP contribution in [0.25, 0.3) is 0 Å². The molecule has 1 N–H and O–H groups in total. The lowest BCUT2D eigenvalue weighted by atomic mass is 9.90. The molecule has 1 unspecified atom stereocenters. The van der Waals surface area contributed by atoms with E-state index in [1.165, 1.54) is 5.56 Å². The maximum atomic E-state index is 10.9. The molecule has 0 amide bonds. The van der Waals surface area contributed by atoms with Crippen molar-refractivity contribution in [3.05, 3.63) is 35.9 Å². The SMILES string of the molecule is CC(C)C(c1ccccc1)N(CCC(=O)O)C(C)(C)C. The Kier molecular flexibility index (Phi) is 5.75. The molecule has 0 radical (unpaired) electrons. The molecular weight excluding hydrogens is 250 g/mol. The third-order valence-electron chi connectivity index (χ3n) is 3.54. The smallest absolute Gasteiger partial charge is 0.304 e. The van der Waals surface area contributed by atoms with Crippen LogP contribution in [0.2, 0.25) is 0 Å². The van der Waals surface area contributed by atoms with Crippen molar-refractivity contribution in [2.24, 2.45) is 5.92 Å². The normalized spacial score (nSPS) is 13.8. The average Bonchev–Trinajstić information content (AvgIpc) is 2.33. The molecule has 1 atom stereocenters. The molecule has 0 aromatic heterocycles. The summed E-state index contributed by atoms with van der Waals surface area (Å²) in [5.41, 5.74) is 1.18. The zero-order valence-corrected chi connectivity index (χ0v) is 13.3. The highest BCUT2D eigenvalue weighted by Gasteiger charge is 2.31. The lowest BCUT2D eigenvalue weighted by Gasteiger charge is -2.43. The summed E-state index contributed by atoms with van der Waals surface area (Å²) >= 11 is 0. The number of hydrogen-bond donors (Lipinski definition) is 1. The van der Waals surface area contributed by atoms with E-state index in [-0.39, 0.29) is 18.0 Å². The van der Waals surface area contributed by atoms with Crippen LogP contribution in [0.5, 0.6) is 0 Å². The predicted molar refractivity (Wildman–Crippen MR) is 82.7 cm³/mol. The molecule has 1 aromatic rings. The fourth-order valence-corrected chi connectivity index (χ4v) is 2.68. The summed E-state index contributed by atoms with van der Waals surface area (Å²) in [4.78, 5) is 13.2. The molecule has 3 nitrogen and oxygen atoms in total. The second kappa shape index (κ2) is 6.89. The van der Waals surface area contributed by atoms with E-state index in [2.05, 4.69) is 51.7 Å². The van der Waals surface area contributed by atoms with Gasteiger partial charge < -0.3 is 5.11 Å². The second-order valence-electron chi connectivity index (χ2n) is 6.61. The number of hydrogen-bond acceptors (Lipinski definition) is 2. The van der Waals surface area contributed by atoms with Gasteiger partial charge in [0.15, 0.2) is 0 Å². The lowest BCUT2D eigenvalue weighted by Crippen LogP contribution is -2.46. The Morgan fingerprint density at radius 2 is 1.75 bits per heavy atom. The Balaban J connectivity index is 3.09. The minimum Gasteiger partial charge on any atom is -0.481 e. The molecule has 112 valence electrons. The zero-order chi connectivity index (χ0) is 15.3. The quantitative estimate of drug-likeness (QED) is 0.855. The van der Waals surface area contributed by atoms with E-state index >= 15 is 0 Å². The van der Waals surface area contributed by atoms with Gasteiger partial charge in [0, 0.05) is 18.1 Å². The number of carboxylic acids is 1. The molecule has 0 fully saturated rings. The van der Waals surface area contributed by atoms with Crippen LogP contribution in [0.1, 0.15) is 52.6 Å². The second-order valence-corrected chi connectivity index (χ2v) is 6.61. The van der Waals surface area contributed by atoms with Crippen LogP contribution < -0.4 is 0 Å². The standard InChI is InChI=1S/C17H27NO2/c1-13(2)16(14-9-7-6-8-10-14)18(17(3,4)5)12-11-15(19)20/h6-10,13,16H,11-12H2,1-5H3,(H,19,20). The maximum absolute atomic E-state index is 10.9. The minimum atomic E-state index is -0.741. The minimum absolute atomic E-state index is 0.0692. The van der Waals surface area contributed by atoms with Crippen molar-refractivity contribution < 1.29 is 9.90 Å². The van der Waals surface area contributed by atoms with E-state index in [0.29, 0.717) is 12.5 Å². The van der Waals surface area contributed by atoms with Crippen molar-refractivity contribution in [2.75, 3.05) is 6.54 Å². The fourth-order valence-electron chi connectivity index (χ4n) is 2.68. The molecule has 0 saturated carbocycles. The number of nitrogens with zero attached hydrogens (tertiary/aromatic N) is 1. The first-order chi connectivity index (χ1) is 9.23. The molecule has 20 heavy (non-hydrogen) atoms. The Morgan fingerprint density at radius 3 is 2.15 bits per heavy atom. The van der Waals surface area contributed by atoms with Gasteiger partial charge in [-0.1, -0.05) is 44.2 Å². The number of aliphatic carboxylic acids is 1. The van der Waals surface area contributed by atoms with Crippen molar-refractivity contribution in [3.8, 4) is 0 Å². The monoisotopic (exact) mass is 277 g/mol. The summed E-state index contributed by atoms with van der Waals surface area (Å²) in [7, 11) is 0. The molecule has 0 aliphatic carbocycles. The van der Waals surface area contributed by atoms with E-state index in [9.17, 15) is 4.79 Å². The Bertz CT molecular complexity index is 420. The summed E-state index contributed by atoms with van der Waals surface area (Å²) in [6.45, 7) is 11.4. The average molecular weight is 277 g/mol. The first kappa shape index (κ1) is 16.7. The number of benzene rings is 1. The van der Waals surface area contributed by atoms with E-state index in [1.54, 1.807) is 0 Å². The van der Waals surface area contributed by atoms with Crippen LogP contribution in [-0.4, -0.2) is 28.1 Å². The van der Waals surface area contributed by atoms with Gasteiger partial charge in [0.1, 0.15) is 0 Å². The van der Waals surface area contributed by atoms with Crippen molar-refractivity contribution >= 4 is 5.97 Å². The summed E-state index contributed by atoms with van der Waals surface area (Å²) in [6, 6.07) is 10.6. The van der Waals surface area contributed by atoms with Gasteiger partial charge in [0.25, 0.3) is 0 Å². The predicted octanol–water partition coefficient (Wildman–Crippen LogP) is 3.96. The first-order valence-corrected chi connectivity index (χ1v) is 7.27. The Morgan fingerprint density at radius 1 is 1.20 bits per heavy atom. The van der Waals surface area contributed by atoms with Crippen LogP contribution in [0, 0.1) is 5.92 Å². The zero-order valence-electron chi connectivity index (χ0n) is 13.3. The molecule has 1 rings (SSSR count). The molecular formula is C17H27NO2. The molecule has 0 heterocycles. The molecule has 0 spiro atoms. The fraction of sp³-hybridized carbons (Fsp3) is 0.588. The summed E-state index contributed by atoms with van der Waals surface area (Å²) in [5, 5.41) is 8.99. The van der Waals surface area contributed by atoms with Crippen molar-refractivity contribution in [1.29, 1.82) is 0 Å². The van der Waals surface area contributed by atoms with E-state index in [4.69, 9.17) is 5.11 Å². The highest BCUT2D eigenvalue weighted by Crippen LogP contribution is 2.34. The van der Waals surface area contributed by atoms with Gasteiger partial charge in [-0.25, -0.2) is 0 Å². The van der Waals surface area contributed by atoms with E-state index < -0.39 is 5.97 Å². The molecule has 0 aliphatic rings. The number of rotatable bonds is 6. The highest BCUT2D eigenvalue weighted by atomic mass is 16.4. The molecule has 0 aliphatic heterocycles. The Labute approximate surface area is 122 Å². The van der Waals surface area contributed by atoms with Gasteiger partial charge in [0.05, 0.1) is 6.42 Å². The van der Waals surface area contributed by atoms with Gasteiger partial charge in [-0.2, -0.15) is 0 Å². The largest absolute Gasteiger partial charge is 0.481 e. The van der Waals surface area contributed by atoms with E-state index in [1.807, 2.05) is 18.2 Å². The molecule has 3 heteroatoms. The van der Waals surface area contributed by atoms with Gasteiger partial charge in [0.2, 0.25) is 0 Å². The molecule has 1 aromatic carbocycles. The number of carbonyl (C=O) groups is 1. The summed E-state index contributed by atoms with van der Waals surface area (Å²) in [6.07, 6.45) is 0.174. The highest BCUT2D eigenvalue weighted by molar-refractivity contribution is 5.66. The van der Waals surface area contributed by atoms with Crippen LogP contribution in [-0.2, 0) is 4.79 Å². The van der Waals surface area contributed by atoms with Gasteiger partial charge in [-0.3, -0.25) is 9.69 Å². The number of carboxylic acid groups (broad SMARTS) is 1. The topological polar surface area (TPSA) is 40.5 Å². The molecule has 0 bridgehead atoms. The first-order valence-electron chi connectivity index (χ1n) is 7.27. The maximum Gasteiger partial charge on any atom is 0.304 e. The van der Waals surface area contributed by atoms with Crippen LogP contribution in [0.4, 0.5) is 0 Å². The van der Waals surface area contributed by atoms with Gasteiger partial charge in [-0.05, 0) is 32.3 Å². The third kappa shape index (κ3) is 4.64. The summed E-state index contributed by atoms with van der Waals surface area (Å²) in [5.74, 6) is -0.319. The van der Waals surface area contributed by atoms with Crippen LogP contribution >= 0.6 is 0 Å². The van der Waals surface area contributed by atoms with Gasteiger partial charge in [-0.15, -0.1) is 0 Å². The molecule has 0 saturated heterocycles. The van der Waals surface area contributed by atoms with E-state index in [0.717, 1.165) is 0 Å². The van der Waals surface area contributed by atoms with Crippen molar-refractivity contribution in [2.45, 2.75) is 52.6 Å². The lowest BCUT2D eigenvalue weighted by molar-refractivity contribution is -0.138. The van der Waals surface area contributed by atoms with Crippen molar-refractivity contribution in [1.82, 2.24) is 4.90 Å². The summed E-state index contributed by atoms with van der Waals surface area (Å²) < 4.78 is 0. The third-order valence-corrected chi connectivity index (χ3v) is 3.54. The Hall–Kier alpha value is -1.35. The van der Waals surface area contributed by atoms with Crippen LogP contribution in [0.15, 0.2) is 30.3 Å².